The van der Waals surface area contributed by atoms with Gasteiger partial charge in [-0.1, -0.05) is 26.0 Å². The molecule has 0 aromatic carbocycles. The summed E-state index contributed by atoms with van der Waals surface area (Å²) in [4.78, 5) is 53.4. The molecule has 378 valence electrons. The zero-order chi connectivity index (χ0) is 49.4. The van der Waals surface area contributed by atoms with E-state index in [1.54, 1.807) is 27.7 Å². The fraction of sp³-hybridized carbons (Fsp3) is 0.727. The van der Waals surface area contributed by atoms with Crippen LogP contribution < -0.4 is 0 Å². The first-order valence-corrected chi connectivity index (χ1v) is 22.0. The molecule has 0 amide bonds. The van der Waals surface area contributed by atoms with Gasteiger partial charge in [-0.05, 0) is 38.0 Å². The van der Waals surface area contributed by atoms with E-state index in [2.05, 4.69) is 0 Å². The van der Waals surface area contributed by atoms with Crippen molar-refractivity contribution in [1.29, 1.82) is 0 Å². The standard InChI is InChI=1S/C44H64O23/c1-7-20-23(26(39(56)58-5)16-61-41(20)66-43-37(54)35(52)33(50)29(13-46)64-43)10-31(48)60-15-25-19(4)28(9-22(25)18(3)12-45)63-32(49)11-24-21(8-2)42(62-17-27(24)40(57)59-6)67-44-38(55)36(53)34(51)30(14-47)65-44/h7-8,16-19,22-25,28-30,33-38,41-47,50-55H,9-15H2,1-6H3/b20-7-,21-8-/t18-,19+,22+,23+,24+,25-,28+,29-,30-,33-,34-,35+,36+,37-,38-,41+,42+,43+,44+/m1/s1. The van der Waals surface area contributed by atoms with Crippen LogP contribution in [-0.2, 0) is 66.5 Å². The van der Waals surface area contributed by atoms with Crippen LogP contribution >= 0.6 is 0 Å². The van der Waals surface area contributed by atoms with Crippen molar-refractivity contribution < 1.29 is 113 Å². The van der Waals surface area contributed by atoms with Crippen LogP contribution in [0.15, 0.2) is 47.0 Å². The fourth-order valence-corrected chi connectivity index (χ4v) is 9.19. The fourth-order valence-electron chi connectivity index (χ4n) is 9.19. The predicted molar refractivity (Wildman–Crippen MR) is 221 cm³/mol. The van der Waals surface area contributed by atoms with E-state index in [0.29, 0.717) is 0 Å². The smallest absolute Gasteiger partial charge is 0.337 e. The average Bonchev–Trinajstić information content (AvgIpc) is 3.63. The number of methoxy groups -OCH3 is 2. The lowest BCUT2D eigenvalue weighted by molar-refractivity contribution is -0.327. The zero-order valence-electron chi connectivity index (χ0n) is 38.0. The van der Waals surface area contributed by atoms with Crippen molar-refractivity contribution in [1.82, 2.24) is 0 Å². The molecule has 0 aromatic heterocycles. The minimum absolute atomic E-state index is 0.0696. The van der Waals surface area contributed by atoms with Gasteiger partial charge in [0.15, 0.2) is 12.6 Å². The van der Waals surface area contributed by atoms with Crippen LogP contribution in [0.4, 0.5) is 0 Å². The summed E-state index contributed by atoms with van der Waals surface area (Å²) < 4.78 is 55.7. The number of allylic oxidation sites excluding steroid dienone is 2. The first-order chi connectivity index (χ1) is 31.9. The molecule has 0 spiro atoms. The molecule has 19 atom stereocenters. The number of hydrogen-bond acceptors (Lipinski definition) is 23. The van der Waals surface area contributed by atoms with Crippen LogP contribution in [0.1, 0.15) is 47.0 Å². The van der Waals surface area contributed by atoms with Gasteiger partial charge >= 0.3 is 23.9 Å². The van der Waals surface area contributed by atoms with Crippen LogP contribution in [0.3, 0.4) is 0 Å². The molecule has 3 fully saturated rings. The normalized spacial score (nSPS) is 39.3. The number of aliphatic hydroxyl groups excluding tert-OH is 9. The molecule has 4 heterocycles. The first kappa shape index (κ1) is 53.9. The van der Waals surface area contributed by atoms with Gasteiger partial charge in [-0.3, -0.25) is 9.59 Å². The minimum Gasteiger partial charge on any atom is -0.468 e. The highest BCUT2D eigenvalue weighted by atomic mass is 16.8. The van der Waals surface area contributed by atoms with E-state index in [0.717, 1.165) is 26.7 Å². The highest BCUT2D eigenvalue weighted by Crippen LogP contribution is 2.44. The zero-order valence-corrected chi connectivity index (χ0v) is 38.0. The topological polar surface area (TPSA) is 343 Å². The second-order valence-electron chi connectivity index (χ2n) is 17.1. The van der Waals surface area contributed by atoms with Crippen molar-refractivity contribution in [3.8, 4) is 0 Å². The van der Waals surface area contributed by atoms with Crippen LogP contribution in [0, 0.1) is 35.5 Å². The number of rotatable bonds is 17. The molecule has 1 aliphatic carbocycles. The lowest BCUT2D eigenvalue weighted by atomic mass is 9.83. The average molecular weight is 961 g/mol. The van der Waals surface area contributed by atoms with Gasteiger partial charge < -0.3 is 93.3 Å². The lowest BCUT2D eigenvalue weighted by Gasteiger charge is -2.42. The molecule has 0 radical (unpaired) electrons. The van der Waals surface area contributed by atoms with E-state index >= 15 is 0 Å². The third kappa shape index (κ3) is 11.9. The number of aliphatic hydroxyl groups is 9. The Hall–Kier alpha value is -4.08. The molecule has 0 unspecified atom stereocenters. The number of carbonyl (C=O) groups excluding carboxylic acids is 4. The molecule has 2 saturated heterocycles. The maximum Gasteiger partial charge on any atom is 0.337 e. The Morgan fingerprint density at radius 2 is 1.15 bits per heavy atom. The molecule has 23 heteroatoms. The van der Waals surface area contributed by atoms with Gasteiger partial charge in [0.25, 0.3) is 0 Å². The Morgan fingerprint density at radius 1 is 0.701 bits per heavy atom. The van der Waals surface area contributed by atoms with Crippen molar-refractivity contribution in [2.75, 3.05) is 40.6 Å². The van der Waals surface area contributed by atoms with Crippen LogP contribution in [0.5, 0.6) is 0 Å². The minimum atomic E-state index is -1.78. The molecule has 5 aliphatic rings. The van der Waals surface area contributed by atoms with Crippen molar-refractivity contribution in [2.24, 2.45) is 35.5 Å². The summed E-state index contributed by atoms with van der Waals surface area (Å²) >= 11 is 0. The molecular weight excluding hydrogens is 896 g/mol. The molecular formula is C44H64O23. The van der Waals surface area contributed by atoms with E-state index < -0.39 is 154 Å². The summed E-state index contributed by atoms with van der Waals surface area (Å²) in [6, 6.07) is 0. The molecule has 0 bridgehead atoms. The van der Waals surface area contributed by atoms with Gasteiger partial charge in [0.2, 0.25) is 12.6 Å². The summed E-state index contributed by atoms with van der Waals surface area (Å²) in [6.45, 7) is 4.89. The molecule has 67 heavy (non-hydrogen) atoms. The van der Waals surface area contributed by atoms with Crippen LogP contribution in [0.25, 0.3) is 0 Å². The SMILES string of the molecule is C/C=C1\[C@H](O[C@@H]2O[C@H](CO)[C@@H](O)[C@H](O)[C@H]2O)OC=C(C(=O)OC)[C@H]1CC(=O)OC[C@@H]1[C@H](C)[C@@H](OC(=O)C[C@@H]2C(C(=O)OC)=CO[C@@H](O[C@@H]3O[C@H](CO)[C@@H](O)[C@H](O)[C@H]3O)/C2=C\C)C[C@H]1[C@H](C)CO. The third-order valence-electron chi connectivity index (χ3n) is 13.3. The van der Waals surface area contributed by atoms with Gasteiger partial charge in [0, 0.05) is 35.5 Å². The van der Waals surface area contributed by atoms with Gasteiger partial charge in [-0.15, -0.1) is 0 Å². The molecule has 0 aromatic rings. The van der Waals surface area contributed by atoms with Crippen LogP contribution in [0.2, 0.25) is 0 Å². The Morgan fingerprint density at radius 3 is 1.55 bits per heavy atom. The van der Waals surface area contributed by atoms with E-state index in [4.69, 9.17) is 47.4 Å². The highest BCUT2D eigenvalue weighted by molar-refractivity contribution is 5.91. The molecule has 4 aliphatic heterocycles. The Labute approximate surface area is 386 Å². The maximum absolute atomic E-state index is 13.9. The van der Waals surface area contributed by atoms with E-state index in [1.165, 1.54) is 12.2 Å². The summed E-state index contributed by atoms with van der Waals surface area (Å²) in [5.74, 6) is -6.83. The van der Waals surface area contributed by atoms with E-state index in [9.17, 15) is 65.1 Å². The second-order valence-corrected chi connectivity index (χ2v) is 17.1. The molecule has 9 N–H and O–H groups in total. The van der Waals surface area contributed by atoms with Gasteiger partial charge in [-0.2, -0.15) is 0 Å². The number of ether oxygens (including phenoxy) is 10. The molecule has 1 saturated carbocycles. The third-order valence-corrected chi connectivity index (χ3v) is 13.3. The highest BCUT2D eigenvalue weighted by Gasteiger charge is 2.50. The van der Waals surface area contributed by atoms with E-state index in [1.807, 2.05) is 0 Å². The number of hydrogen-bond donors (Lipinski definition) is 9. The Kier molecular flexibility index (Phi) is 19.3. The summed E-state index contributed by atoms with van der Waals surface area (Å²) in [5, 5.41) is 91.7. The summed E-state index contributed by atoms with van der Waals surface area (Å²) in [5.41, 5.74) is 0.291. The van der Waals surface area contributed by atoms with Gasteiger partial charge in [-0.25, -0.2) is 9.59 Å². The maximum atomic E-state index is 13.9. The summed E-state index contributed by atoms with van der Waals surface area (Å²) in [6.07, 6.45) is -15.2. The monoisotopic (exact) mass is 960 g/mol. The summed E-state index contributed by atoms with van der Waals surface area (Å²) in [7, 11) is 2.27. The van der Waals surface area contributed by atoms with Crippen molar-refractivity contribution in [2.45, 2.75) is 127 Å². The van der Waals surface area contributed by atoms with Crippen molar-refractivity contribution >= 4 is 23.9 Å². The Bertz CT molecular complexity index is 1840. The van der Waals surface area contributed by atoms with Gasteiger partial charge in [0.1, 0.15) is 54.9 Å². The van der Waals surface area contributed by atoms with E-state index in [-0.39, 0.29) is 53.8 Å². The largest absolute Gasteiger partial charge is 0.468 e. The molecule has 5 rings (SSSR count). The number of esters is 4. The second kappa shape index (κ2) is 24.0. The van der Waals surface area contributed by atoms with Crippen LogP contribution in [-0.4, -0.2) is 191 Å². The van der Waals surface area contributed by atoms with Crippen molar-refractivity contribution in [3.63, 3.8) is 0 Å². The van der Waals surface area contributed by atoms with Gasteiger partial charge in [0.05, 0.1) is 70.6 Å². The quantitative estimate of drug-likeness (QED) is 0.0421. The lowest BCUT2D eigenvalue weighted by Crippen LogP contribution is -2.60. The first-order valence-electron chi connectivity index (χ1n) is 22.0. The Balaban J connectivity index is 1.27. The molecule has 23 nitrogen and oxygen atoms in total. The van der Waals surface area contributed by atoms with Crippen molar-refractivity contribution in [3.05, 3.63) is 47.0 Å². The number of carbonyl (C=O) groups is 4. The predicted octanol–water partition coefficient (Wildman–Crippen LogP) is -2.29.